The number of nitrogens with one attached hydrogen (secondary N) is 1. The van der Waals surface area contributed by atoms with Gasteiger partial charge in [0.25, 0.3) is 0 Å². The largest absolute Gasteiger partial charge is 0.454 e. The van der Waals surface area contributed by atoms with Gasteiger partial charge in [0.1, 0.15) is 5.82 Å². The molecular formula is C23H21FN2O3. The molecule has 148 valence electrons. The molecule has 3 aromatic rings. The molecule has 0 unspecified atom stereocenters. The van der Waals surface area contributed by atoms with E-state index in [4.69, 9.17) is 9.47 Å². The molecule has 0 aromatic heterocycles. The van der Waals surface area contributed by atoms with Crippen LogP contribution in [0.2, 0.25) is 0 Å². The lowest BCUT2D eigenvalue weighted by atomic mass is 10.1. The summed E-state index contributed by atoms with van der Waals surface area (Å²) in [5.41, 5.74) is 2.79. The minimum atomic E-state index is -0.301. The van der Waals surface area contributed by atoms with Gasteiger partial charge in [-0.25, -0.2) is 9.18 Å². The van der Waals surface area contributed by atoms with Crippen LogP contribution in [-0.4, -0.2) is 17.7 Å². The fraction of sp³-hybridized carbons (Fsp3) is 0.174. The Balaban J connectivity index is 1.49. The van der Waals surface area contributed by atoms with E-state index in [1.165, 1.54) is 12.1 Å². The van der Waals surface area contributed by atoms with Crippen molar-refractivity contribution in [3.05, 3.63) is 95.3 Å². The summed E-state index contributed by atoms with van der Waals surface area (Å²) in [6.45, 7) is 1.38. The van der Waals surface area contributed by atoms with Gasteiger partial charge in [0, 0.05) is 19.6 Å². The van der Waals surface area contributed by atoms with Gasteiger partial charge in [-0.15, -0.1) is 0 Å². The van der Waals surface area contributed by atoms with Crippen molar-refractivity contribution in [3.63, 3.8) is 0 Å². The summed E-state index contributed by atoms with van der Waals surface area (Å²) >= 11 is 0. The lowest BCUT2D eigenvalue weighted by Gasteiger charge is -2.24. The van der Waals surface area contributed by atoms with Crippen molar-refractivity contribution in [1.82, 2.24) is 10.2 Å². The molecule has 0 bridgehead atoms. The lowest BCUT2D eigenvalue weighted by Crippen LogP contribution is -2.38. The zero-order valence-corrected chi connectivity index (χ0v) is 15.8. The monoisotopic (exact) mass is 392 g/mol. The average molecular weight is 392 g/mol. The molecule has 1 aliphatic rings. The van der Waals surface area contributed by atoms with E-state index in [2.05, 4.69) is 5.32 Å². The topological polar surface area (TPSA) is 50.8 Å². The van der Waals surface area contributed by atoms with Gasteiger partial charge in [0.15, 0.2) is 11.5 Å². The molecule has 2 amide bonds. The molecule has 1 N–H and O–H groups in total. The molecule has 1 heterocycles. The van der Waals surface area contributed by atoms with Gasteiger partial charge in [-0.1, -0.05) is 48.5 Å². The average Bonchev–Trinajstić information content (AvgIpc) is 3.22. The Labute approximate surface area is 168 Å². The van der Waals surface area contributed by atoms with Gasteiger partial charge in [-0.3, -0.25) is 0 Å². The molecule has 0 aliphatic carbocycles. The van der Waals surface area contributed by atoms with Crippen molar-refractivity contribution in [3.8, 4) is 11.5 Å². The van der Waals surface area contributed by atoms with Crippen LogP contribution in [0.5, 0.6) is 11.5 Å². The van der Waals surface area contributed by atoms with E-state index in [1.807, 2.05) is 48.5 Å². The number of fused-ring (bicyclic) bond motifs is 1. The van der Waals surface area contributed by atoms with Crippen molar-refractivity contribution in [2.75, 3.05) is 6.79 Å². The van der Waals surface area contributed by atoms with Crippen LogP contribution in [0.4, 0.5) is 9.18 Å². The highest BCUT2D eigenvalue weighted by atomic mass is 19.1. The maximum absolute atomic E-state index is 13.2. The first-order valence-electron chi connectivity index (χ1n) is 9.37. The van der Waals surface area contributed by atoms with Gasteiger partial charge < -0.3 is 19.7 Å². The van der Waals surface area contributed by atoms with Crippen LogP contribution < -0.4 is 14.8 Å². The second-order valence-electron chi connectivity index (χ2n) is 6.81. The van der Waals surface area contributed by atoms with Gasteiger partial charge in [-0.2, -0.15) is 0 Å². The second-order valence-corrected chi connectivity index (χ2v) is 6.81. The molecule has 0 spiro atoms. The zero-order valence-electron chi connectivity index (χ0n) is 15.8. The quantitative estimate of drug-likeness (QED) is 0.674. The van der Waals surface area contributed by atoms with Crippen LogP contribution in [-0.2, 0) is 19.6 Å². The second kappa shape index (κ2) is 8.65. The summed E-state index contributed by atoms with van der Waals surface area (Å²) in [7, 11) is 0. The number of rotatable bonds is 6. The third-order valence-electron chi connectivity index (χ3n) is 4.67. The molecule has 0 radical (unpaired) electrons. The number of ether oxygens (including phenoxy) is 2. The van der Waals surface area contributed by atoms with Crippen molar-refractivity contribution in [2.24, 2.45) is 0 Å². The van der Waals surface area contributed by atoms with E-state index in [0.29, 0.717) is 31.1 Å². The summed E-state index contributed by atoms with van der Waals surface area (Å²) in [5, 5.41) is 2.96. The Morgan fingerprint density at radius 2 is 1.55 bits per heavy atom. The zero-order chi connectivity index (χ0) is 20.1. The van der Waals surface area contributed by atoms with Crippen LogP contribution in [0, 0.1) is 5.82 Å². The summed E-state index contributed by atoms with van der Waals surface area (Å²) in [5.74, 6) is 1.07. The third kappa shape index (κ3) is 4.85. The number of carbonyl (C=O) groups is 1. The fourth-order valence-corrected chi connectivity index (χ4v) is 3.15. The Morgan fingerprint density at radius 3 is 2.34 bits per heavy atom. The molecule has 0 fully saturated rings. The molecule has 0 atom stereocenters. The lowest BCUT2D eigenvalue weighted by molar-refractivity contribution is 0.173. The molecule has 0 saturated heterocycles. The standard InChI is InChI=1S/C23H21FN2O3/c24-20-9-6-18(7-10-20)14-26(23(27)25-13-17-4-2-1-3-5-17)15-19-8-11-21-22(12-19)29-16-28-21/h1-12H,13-16H2,(H,25,27). The summed E-state index contributed by atoms with van der Waals surface area (Å²) in [6, 6.07) is 21.3. The van der Waals surface area contributed by atoms with Gasteiger partial charge in [0.2, 0.25) is 6.79 Å². The van der Waals surface area contributed by atoms with Crippen LogP contribution >= 0.6 is 0 Å². The molecule has 1 aliphatic heterocycles. The Morgan fingerprint density at radius 1 is 0.862 bits per heavy atom. The van der Waals surface area contributed by atoms with Crippen molar-refractivity contribution < 1.29 is 18.7 Å². The van der Waals surface area contributed by atoms with Crippen molar-refractivity contribution in [1.29, 1.82) is 0 Å². The number of hydrogen-bond donors (Lipinski definition) is 1. The number of carbonyl (C=O) groups excluding carboxylic acids is 1. The molecule has 0 saturated carbocycles. The Bertz CT molecular complexity index is 977. The Kier molecular flexibility index (Phi) is 5.61. The molecular weight excluding hydrogens is 371 g/mol. The number of nitrogens with zero attached hydrogens (tertiary/aromatic N) is 1. The first kappa shape index (κ1) is 18.8. The molecule has 3 aromatic carbocycles. The number of amides is 2. The highest BCUT2D eigenvalue weighted by Gasteiger charge is 2.18. The SMILES string of the molecule is O=C(NCc1ccccc1)N(Cc1ccc(F)cc1)Cc1ccc2c(c1)OCO2. The highest BCUT2D eigenvalue weighted by Crippen LogP contribution is 2.33. The fourth-order valence-electron chi connectivity index (χ4n) is 3.15. The smallest absolute Gasteiger partial charge is 0.318 e. The van der Waals surface area contributed by atoms with Crippen LogP contribution in [0.3, 0.4) is 0 Å². The maximum Gasteiger partial charge on any atom is 0.318 e. The number of hydrogen-bond acceptors (Lipinski definition) is 3. The molecule has 29 heavy (non-hydrogen) atoms. The van der Waals surface area contributed by atoms with Crippen LogP contribution in [0.15, 0.2) is 72.8 Å². The molecule has 6 heteroatoms. The first-order valence-corrected chi connectivity index (χ1v) is 9.37. The molecule has 5 nitrogen and oxygen atoms in total. The van der Waals surface area contributed by atoms with E-state index in [0.717, 1.165) is 16.7 Å². The minimum Gasteiger partial charge on any atom is -0.454 e. The molecule has 4 rings (SSSR count). The van der Waals surface area contributed by atoms with Crippen molar-refractivity contribution in [2.45, 2.75) is 19.6 Å². The van der Waals surface area contributed by atoms with Gasteiger partial charge >= 0.3 is 6.03 Å². The van der Waals surface area contributed by atoms with Crippen LogP contribution in [0.25, 0.3) is 0 Å². The third-order valence-corrected chi connectivity index (χ3v) is 4.67. The van der Waals surface area contributed by atoms with E-state index >= 15 is 0 Å². The Hall–Kier alpha value is -3.54. The predicted octanol–water partition coefficient (Wildman–Crippen LogP) is 4.47. The predicted molar refractivity (Wildman–Crippen MR) is 107 cm³/mol. The number of halogens is 1. The van der Waals surface area contributed by atoms with E-state index < -0.39 is 0 Å². The van der Waals surface area contributed by atoms with Crippen molar-refractivity contribution >= 4 is 6.03 Å². The maximum atomic E-state index is 13.2. The van der Waals surface area contributed by atoms with E-state index in [-0.39, 0.29) is 18.6 Å². The summed E-state index contributed by atoms with van der Waals surface area (Å²) < 4.78 is 24.0. The first-order chi connectivity index (χ1) is 14.2. The summed E-state index contributed by atoms with van der Waals surface area (Å²) in [4.78, 5) is 14.6. The highest BCUT2D eigenvalue weighted by molar-refractivity contribution is 5.74. The number of benzene rings is 3. The van der Waals surface area contributed by atoms with Crippen LogP contribution in [0.1, 0.15) is 16.7 Å². The summed E-state index contributed by atoms with van der Waals surface area (Å²) in [6.07, 6.45) is 0. The minimum absolute atomic E-state index is 0.198. The normalized spacial score (nSPS) is 11.9. The van der Waals surface area contributed by atoms with Gasteiger partial charge in [-0.05, 0) is 41.0 Å². The van der Waals surface area contributed by atoms with E-state index in [1.54, 1.807) is 17.0 Å². The van der Waals surface area contributed by atoms with Gasteiger partial charge in [0.05, 0.1) is 0 Å². The van der Waals surface area contributed by atoms with E-state index in [9.17, 15) is 9.18 Å². The number of urea groups is 1.